The second kappa shape index (κ2) is 3.75. The van der Waals surface area contributed by atoms with Crippen LogP contribution in [-0.4, -0.2) is 5.11 Å². The van der Waals surface area contributed by atoms with E-state index in [4.69, 9.17) is 5.73 Å². The predicted octanol–water partition coefficient (Wildman–Crippen LogP) is 2.10. The fourth-order valence-electron chi connectivity index (χ4n) is 1.16. The number of rotatable bonds is 2. The van der Waals surface area contributed by atoms with Gasteiger partial charge in [0.2, 0.25) is 0 Å². The first-order chi connectivity index (χ1) is 6.02. The number of hydrogen-bond donors (Lipinski definition) is 2. The molecular weight excluding hydrogens is 169 g/mol. The Labute approximate surface area is 77.2 Å². The lowest BCUT2D eigenvalue weighted by molar-refractivity contribution is 0.127. The quantitative estimate of drug-likeness (QED) is 0.690. The maximum Gasteiger partial charge on any atom is 0.123 e. The topological polar surface area (TPSA) is 46.2 Å². The van der Waals surface area contributed by atoms with Crippen LogP contribution in [0.15, 0.2) is 18.2 Å². The molecule has 0 aromatic heterocycles. The molecule has 72 valence electrons. The Balaban J connectivity index is 3.05. The van der Waals surface area contributed by atoms with E-state index < -0.39 is 6.10 Å². The van der Waals surface area contributed by atoms with Gasteiger partial charge in [0.15, 0.2) is 0 Å². The highest BCUT2D eigenvalue weighted by molar-refractivity contribution is 5.48. The van der Waals surface area contributed by atoms with Gasteiger partial charge in [-0.1, -0.05) is 13.8 Å². The molecule has 0 saturated carbocycles. The van der Waals surface area contributed by atoms with Crippen molar-refractivity contribution in [3.8, 4) is 0 Å². The Morgan fingerprint density at radius 2 is 2.00 bits per heavy atom. The van der Waals surface area contributed by atoms with Gasteiger partial charge in [0.05, 0.1) is 6.10 Å². The highest BCUT2D eigenvalue weighted by Crippen LogP contribution is 2.26. The summed E-state index contributed by atoms with van der Waals surface area (Å²) in [6, 6.07) is 4.03. The summed E-state index contributed by atoms with van der Waals surface area (Å²) >= 11 is 0. The van der Waals surface area contributed by atoms with Crippen LogP contribution in [0.5, 0.6) is 0 Å². The lowest BCUT2D eigenvalue weighted by Crippen LogP contribution is -2.08. The average molecular weight is 183 g/mol. The van der Waals surface area contributed by atoms with Crippen molar-refractivity contribution >= 4 is 5.69 Å². The minimum atomic E-state index is -0.698. The van der Waals surface area contributed by atoms with Gasteiger partial charge in [-0.25, -0.2) is 4.39 Å². The van der Waals surface area contributed by atoms with Gasteiger partial charge in [0.25, 0.3) is 0 Å². The molecule has 0 aliphatic carbocycles. The number of halogens is 1. The summed E-state index contributed by atoms with van der Waals surface area (Å²) in [4.78, 5) is 0. The van der Waals surface area contributed by atoms with Gasteiger partial charge in [0.1, 0.15) is 5.82 Å². The summed E-state index contributed by atoms with van der Waals surface area (Å²) in [5.41, 5.74) is 6.50. The van der Waals surface area contributed by atoms with Crippen molar-refractivity contribution in [3.05, 3.63) is 29.6 Å². The zero-order valence-electron chi connectivity index (χ0n) is 7.79. The zero-order valence-corrected chi connectivity index (χ0v) is 7.79. The van der Waals surface area contributed by atoms with Crippen molar-refractivity contribution in [2.75, 3.05) is 5.73 Å². The van der Waals surface area contributed by atoms with Crippen LogP contribution in [-0.2, 0) is 0 Å². The first-order valence-corrected chi connectivity index (χ1v) is 4.25. The van der Waals surface area contributed by atoms with Crippen molar-refractivity contribution in [3.63, 3.8) is 0 Å². The van der Waals surface area contributed by atoms with E-state index in [0.717, 1.165) is 0 Å². The third kappa shape index (κ3) is 2.18. The summed E-state index contributed by atoms with van der Waals surface area (Å²) in [5.74, 6) is -0.340. The van der Waals surface area contributed by atoms with Crippen molar-refractivity contribution in [2.45, 2.75) is 20.0 Å². The van der Waals surface area contributed by atoms with E-state index >= 15 is 0 Å². The summed E-state index contributed by atoms with van der Waals surface area (Å²) < 4.78 is 12.8. The van der Waals surface area contributed by atoms with E-state index in [0.29, 0.717) is 11.3 Å². The molecule has 3 N–H and O–H groups in total. The van der Waals surface area contributed by atoms with Crippen LogP contribution < -0.4 is 5.73 Å². The van der Waals surface area contributed by atoms with E-state index in [9.17, 15) is 9.50 Å². The molecule has 1 aromatic rings. The molecule has 13 heavy (non-hydrogen) atoms. The van der Waals surface area contributed by atoms with E-state index in [1.165, 1.54) is 18.2 Å². The second-order valence-corrected chi connectivity index (χ2v) is 3.46. The minimum absolute atomic E-state index is 0.0316. The molecule has 0 bridgehead atoms. The molecule has 2 nitrogen and oxygen atoms in total. The van der Waals surface area contributed by atoms with Gasteiger partial charge in [0, 0.05) is 11.3 Å². The summed E-state index contributed by atoms with van der Waals surface area (Å²) in [6.45, 7) is 3.71. The van der Waals surface area contributed by atoms with Crippen LogP contribution in [0.25, 0.3) is 0 Å². The van der Waals surface area contributed by atoms with Crippen molar-refractivity contribution in [2.24, 2.45) is 5.92 Å². The molecule has 0 aliphatic heterocycles. The Morgan fingerprint density at radius 3 is 2.54 bits per heavy atom. The molecule has 0 radical (unpaired) electrons. The molecule has 0 amide bonds. The number of aliphatic hydroxyl groups is 1. The van der Waals surface area contributed by atoms with Crippen molar-refractivity contribution in [1.29, 1.82) is 0 Å². The molecule has 0 fully saturated rings. The average Bonchev–Trinajstić information content (AvgIpc) is 2.08. The minimum Gasteiger partial charge on any atom is -0.398 e. The fourth-order valence-corrected chi connectivity index (χ4v) is 1.16. The van der Waals surface area contributed by atoms with Gasteiger partial charge in [-0.3, -0.25) is 0 Å². The first kappa shape index (κ1) is 9.99. The van der Waals surface area contributed by atoms with Crippen LogP contribution in [0.4, 0.5) is 10.1 Å². The first-order valence-electron chi connectivity index (χ1n) is 4.25. The van der Waals surface area contributed by atoms with Gasteiger partial charge in [-0.2, -0.15) is 0 Å². The van der Waals surface area contributed by atoms with Crippen LogP contribution in [0.1, 0.15) is 25.5 Å². The normalized spacial score (nSPS) is 13.3. The van der Waals surface area contributed by atoms with Crippen LogP contribution >= 0.6 is 0 Å². The molecule has 3 heteroatoms. The highest BCUT2D eigenvalue weighted by Gasteiger charge is 2.15. The lowest BCUT2D eigenvalue weighted by atomic mass is 9.98. The molecule has 0 aliphatic rings. The van der Waals surface area contributed by atoms with Gasteiger partial charge in [-0.05, 0) is 24.1 Å². The van der Waals surface area contributed by atoms with Gasteiger partial charge >= 0.3 is 0 Å². The Kier molecular flexibility index (Phi) is 2.88. The summed E-state index contributed by atoms with van der Waals surface area (Å²) in [5, 5.41) is 9.66. The summed E-state index contributed by atoms with van der Waals surface area (Å²) in [6.07, 6.45) is -0.698. The molecular formula is C10H14FNO. The number of nitrogen functional groups attached to an aromatic ring is 1. The molecule has 0 spiro atoms. The van der Waals surface area contributed by atoms with Crippen LogP contribution in [0, 0.1) is 11.7 Å². The van der Waals surface area contributed by atoms with Crippen LogP contribution in [0.2, 0.25) is 0 Å². The van der Waals surface area contributed by atoms with Gasteiger partial charge in [-0.15, -0.1) is 0 Å². The van der Waals surface area contributed by atoms with E-state index in [1.807, 2.05) is 13.8 Å². The maximum absolute atomic E-state index is 12.8. The predicted molar refractivity (Wildman–Crippen MR) is 50.6 cm³/mol. The zero-order chi connectivity index (χ0) is 10.0. The monoisotopic (exact) mass is 183 g/mol. The number of aliphatic hydroxyl groups excluding tert-OH is 1. The largest absolute Gasteiger partial charge is 0.398 e. The number of nitrogens with two attached hydrogens (primary N) is 1. The van der Waals surface area contributed by atoms with Crippen molar-refractivity contribution in [1.82, 2.24) is 0 Å². The highest BCUT2D eigenvalue weighted by atomic mass is 19.1. The molecule has 1 aromatic carbocycles. The molecule has 1 rings (SSSR count). The molecule has 1 atom stereocenters. The smallest absolute Gasteiger partial charge is 0.123 e. The Bertz CT molecular complexity index is 299. The third-order valence-electron chi connectivity index (χ3n) is 2.00. The van der Waals surface area contributed by atoms with E-state index in [-0.39, 0.29) is 11.7 Å². The molecule has 0 saturated heterocycles. The third-order valence-corrected chi connectivity index (χ3v) is 2.00. The number of anilines is 1. The second-order valence-electron chi connectivity index (χ2n) is 3.46. The van der Waals surface area contributed by atoms with E-state index in [2.05, 4.69) is 0 Å². The number of hydrogen-bond acceptors (Lipinski definition) is 2. The van der Waals surface area contributed by atoms with Gasteiger partial charge < -0.3 is 10.8 Å². The lowest BCUT2D eigenvalue weighted by Gasteiger charge is -2.16. The Hall–Kier alpha value is -1.09. The van der Waals surface area contributed by atoms with E-state index in [1.54, 1.807) is 0 Å². The summed E-state index contributed by atoms with van der Waals surface area (Å²) in [7, 11) is 0. The SMILES string of the molecule is CC(C)C(O)c1cc(F)ccc1N. The van der Waals surface area contributed by atoms with Crippen molar-refractivity contribution < 1.29 is 9.50 Å². The standard InChI is InChI=1S/C10H14FNO/c1-6(2)10(13)8-5-7(11)3-4-9(8)12/h3-6,10,13H,12H2,1-2H3. The fraction of sp³-hybridized carbons (Fsp3) is 0.400. The number of benzene rings is 1. The van der Waals surface area contributed by atoms with Crippen LogP contribution in [0.3, 0.4) is 0 Å². The Morgan fingerprint density at radius 1 is 1.38 bits per heavy atom. The maximum atomic E-state index is 12.8. The molecule has 0 heterocycles. The molecule has 1 unspecified atom stereocenters.